The zero-order valence-electron chi connectivity index (χ0n) is 16.4. The van der Waals surface area contributed by atoms with Gasteiger partial charge in [-0.3, -0.25) is 4.52 Å². The lowest BCUT2D eigenvalue weighted by Gasteiger charge is -2.04. The molecule has 0 radical (unpaired) electrons. The van der Waals surface area contributed by atoms with Gasteiger partial charge >= 0.3 is 7.82 Å². The normalized spacial score (nSPS) is 14.0. The molecule has 0 aromatic rings. The first kappa shape index (κ1) is 24.1. The van der Waals surface area contributed by atoms with Gasteiger partial charge in [0.1, 0.15) is 0 Å². The molecular formula is C20H35O4P. The lowest BCUT2D eigenvalue weighted by Crippen LogP contribution is -1.89. The van der Waals surface area contributed by atoms with Gasteiger partial charge in [-0.1, -0.05) is 46.6 Å². The molecule has 4 nitrogen and oxygen atoms in total. The second kappa shape index (κ2) is 13.3. The number of rotatable bonds is 12. The molecule has 0 heterocycles. The van der Waals surface area contributed by atoms with Gasteiger partial charge in [0.15, 0.2) is 0 Å². The van der Waals surface area contributed by atoms with Crippen LogP contribution in [0.25, 0.3) is 0 Å². The minimum atomic E-state index is -4.36. The van der Waals surface area contributed by atoms with E-state index in [1.165, 1.54) is 16.7 Å². The van der Waals surface area contributed by atoms with Crippen LogP contribution in [0.2, 0.25) is 0 Å². The van der Waals surface area contributed by atoms with E-state index >= 15 is 0 Å². The number of phosphoric ester groups is 1. The molecule has 0 atom stereocenters. The predicted octanol–water partition coefficient (Wildman–Crippen LogP) is 6.24. The molecule has 0 saturated heterocycles. The van der Waals surface area contributed by atoms with Crippen LogP contribution >= 0.6 is 7.82 Å². The monoisotopic (exact) mass is 370 g/mol. The van der Waals surface area contributed by atoms with Gasteiger partial charge in [0.25, 0.3) is 0 Å². The maximum Gasteiger partial charge on any atom is 0.469 e. The molecule has 0 amide bonds. The third-order valence-electron chi connectivity index (χ3n) is 3.83. The Labute approximate surface area is 153 Å². The first-order valence-corrected chi connectivity index (χ1v) is 10.4. The summed E-state index contributed by atoms with van der Waals surface area (Å²) >= 11 is 0. The Kier molecular flexibility index (Phi) is 12.8. The first-order valence-electron chi connectivity index (χ1n) is 8.90. The molecule has 0 aromatic carbocycles. The van der Waals surface area contributed by atoms with Crippen LogP contribution in [0.4, 0.5) is 0 Å². The van der Waals surface area contributed by atoms with Gasteiger partial charge in [-0.05, 0) is 73.1 Å². The fourth-order valence-electron chi connectivity index (χ4n) is 2.26. The van der Waals surface area contributed by atoms with E-state index < -0.39 is 7.82 Å². The van der Waals surface area contributed by atoms with Crippen LogP contribution in [-0.2, 0) is 9.09 Å². The van der Waals surface area contributed by atoms with E-state index in [4.69, 9.17) is 9.79 Å². The highest BCUT2D eigenvalue weighted by Crippen LogP contribution is 2.35. The largest absolute Gasteiger partial charge is 0.469 e. The van der Waals surface area contributed by atoms with Crippen molar-refractivity contribution in [3.8, 4) is 0 Å². The van der Waals surface area contributed by atoms with Crippen molar-refractivity contribution in [2.45, 2.75) is 73.1 Å². The van der Waals surface area contributed by atoms with Gasteiger partial charge in [0, 0.05) is 0 Å². The molecule has 0 aliphatic carbocycles. The topological polar surface area (TPSA) is 66.8 Å². The van der Waals surface area contributed by atoms with Crippen LogP contribution in [0.3, 0.4) is 0 Å². The fraction of sp³-hybridized carbons (Fsp3) is 0.600. The number of allylic oxidation sites excluding steroid dienone is 7. The lowest BCUT2D eigenvalue weighted by molar-refractivity contribution is 0.215. The third-order valence-corrected chi connectivity index (χ3v) is 4.31. The predicted molar refractivity (Wildman–Crippen MR) is 106 cm³/mol. The fourth-order valence-corrected chi connectivity index (χ4v) is 2.53. The van der Waals surface area contributed by atoms with Gasteiger partial charge in [0.2, 0.25) is 0 Å². The average molecular weight is 370 g/mol. The minimum Gasteiger partial charge on any atom is -0.303 e. The van der Waals surface area contributed by atoms with E-state index in [9.17, 15) is 4.57 Å². The van der Waals surface area contributed by atoms with Crippen LogP contribution in [0.5, 0.6) is 0 Å². The average Bonchev–Trinajstić information content (AvgIpc) is 2.45. The van der Waals surface area contributed by atoms with Gasteiger partial charge in [-0.2, -0.15) is 0 Å². The minimum absolute atomic E-state index is 0.0460. The van der Waals surface area contributed by atoms with Crippen LogP contribution in [0.15, 0.2) is 46.6 Å². The second-order valence-corrected chi connectivity index (χ2v) is 8.07. The van der Waals surface area contributed by atoms with Crippen molar-refractivity contribution in [1.29, 1.82) is 0 Å². The van der Waals surface area contributed by atoms with E-state index in [0.29, 0.717) is 0 Å². The standard InChI is InChI=1S/C20H35O4P/c1-17(2)9-6-10-18(3)11-7-12-19(4)13-8-14-20(5)15-16-24-25(21,22)23/h9,11,13,15H,6-8,10,12,14,16H2,1-5H3,(H2,21,22,23)/b18-11-,19-13-,20-15-. The van der Waals surface area contributed by atoms with Crippen LogP contribution in [0, 0.1) is 0 Å². The summed E-state index contributed by atoms with van der Waals surface area (Å²) < 4.78 is 15.0. The third kappa shape index (κ3) is 17.7. The van der Waals surface area contributed by atoms with Crippen molar-refractivity contribution in [3.63, 3.8) is 0 Å². The molecule has 0 spiro atoms. The Morgan fingerprint density at radius 2 is 1.16 bits per heavy atom. The highest BCUT2D eigenvalue weighted by Gasteiger charge is 2.11. The Morgan fingerprint density at radius 3 is 1.56 bits per heavy atom. The molecule has 25 heavy (non-hydrogen) atoms. The van der Waals surface area contributed by atoms with Crippen molar-refractivity contribution < 1.29 is 18.9 Å². The zero-order valence-corrected chi connectivity index (χ0v) is 17.3. The number of hydrogen-bond acceptors (Lipinski definition) is 2. The summed E-state index contributed by atoms with van der Waals surface area (Å²) in [5, 5.41) is 0. The SMILES string of the molecule is CC(C)=CCC/C(C)=C\CC/C(C)=C\CC/C(C)=C\COP(=O)(O)O. The smallest absolute Gasteiger partial charge is 0.303 e. The van der Waals surface area contributed by atoms with Gasteiger partial charge in [-0.15, -0.1) is 0 Å². The molecule has 0 aromatic heterocycles. The molecule has 2 N–H and O–H groups in total. The number of phosphoric acid groups is 1. The molecule has 0 fully saturated rings. The van der Waals surface area contributed by atoms with Crippen molar-refractivity contribution in [2.75, 3.05) is 6.61 Å². The highest BCUT2D eigenvalue weighted by molar-refractivity contribution is 7.46. The van der Waals surface area contributed by atoms with Crippen molar-refractivity contribution in [2.24, 2.45) is 0 Å². The summed E-state index contributed by atoms with van der Waals surface area (Å²) in [5.74, 6) is 0. The zero-order chi connectivity index (χ0) is 19.3. The van der Waals surface area contributed by atoms with Crippen LogP contribution < -0.4 is 0 Å². The summed E-state index contributed by atoms with van der Waals surface area (Å²) in [5.41, 5.74) is 5.29. The number of hydrogen-bond donors (Lipinski definition) is 2. The Bertz CT molecular complexity index is 546. The molecule has 0 unspecified atom stereocenters. The molecule has 0 saturated carbocycles. The Morgan fingerprint density at radius 1 is 0.760 bits per heavy atom. The maximum absolute atomic E-state index is 10.6. The Hall–Kier alpha value is -0.930. The molecule has 0 bridgehead atoms. The highest BCUT2D eigenvalue weighted by atomic mass is 31.2. The summed E-state index contributed by atoms with van der Waals surface area (Å²) in [6.45, 7) is 10.5. The van der Waals surface area contributed by atoms with Crippen LogP contribution in [0.1, 0.15) is 73.1 Å². The molecule has 144 valence electrons. The lowest BCUT2D eigenvalue weighted by atomic mass is 10.0. The second-order valence-electron chi connectivity index (χ2n) is 6.84. The van der Waals surface area contributed by atoms with Crippen molar-refractivity contribution >= 4 is 7.82 Å². The van der Waals surface area contributed by atoms with E-state index in [1.54, 1.807) is 6.08 Å². The summed E-state index contributed by atoms with van der Waals surface area (Å²) in [7, 11) is -4.36. The van der Waals surface area contributed by atoms with Crippen molar-refractivity contribution in [1.82, 2.24) is 0 Å². The molecule has 0 rings (SSSR count). The Balaban J connectivity index is 4.03. The van der Waals surface area contributed by atoms with E-state index in [1.807, 2.05) is 6.92 Å². The van der Waals surface area contributed by atoms with Gasteiger partial charge in [-0.25, -0.2) is 4.57 Å². The summed E-state index contributed by atoms with van der Waals surface area (Å²) in [4.78, 5) is 17.2. The van der Waals surface area contributed by atoms with Crippen LogP contribution in [-0.4, -0.2) is 16.4 Å². The summed E-state index contributed by atoms with van der Waals surface area (Å²) in [6.07, 6.45) is 14.8. The quantitative estimate of drug-likeness (QED) is 0.315. The first-order chi connectivity index (χ1) is 11.6. The molecular weight excluding hydrogens is 335 g/mol. The molecule has 0 aliphatic heterocycles. The molecule has 5 heteroatoms. The van der Waals surface area contributed by atoms with Gasteiger partial charge in [0.05, 0.1) is 6.61 Å². The van der Waals surface area contributed by atoms with E-state index in [-0.39, 0.29) is 6.61 Å². The molecule has 0 aliphatic rings. The maximum atomic E-state index is 10.6. The summed E-state index contributed by atoms with van der Waals surface area (Å²) in [6, 6.07) is 0. The van der Waals surface area contributed by atoms with E-state index in [2.05, 4.69) is 50.4 Å². The van der Waals surface area contributed by atoms with Crippen molar-refractivity contribution in [3.05, 3.63) is 46.6 Å². The van der Waals surface area contributed by atoms with E-state index in [0.717, 1.165) is 44.1 Å². The van der Waals surface area contributed by atoms with Gasteiger partial charge < -0.3 is 9.79 Å².